The van der Waals surface area contributed by atoms with Crippen LogP contribution in [0.3, 0.4) is 0 Å². The molecule has 96 valence electrons. The lowest BCUT2D eigenvalue weighted by atomic mass is 10.1. The number of aryl methyl sites for hydroxylation is 2. The van der Waals surface area contributed by atoms with Crippen LogP contribution in [0.25, 0.3) is 16.7 Å². The molecule has 0 radical (unpaired) electrons. The number of imidazole rings is 1. The Kier molecular flexibility index (Phi) is 2.82. The minimum atomic E-state index is 0.516. The number of nitrogen functional groups attached to an aromatic ring is 1. The topological polar surface area (TPSA) is 43.8 Å². The smallest absolute Gasteiger partial charge is 0.205 e. The SMILES string of the molecule is Cc1cc(-n2c(N)nc3ccccc32)cc(C)c1Br. The second-order valence-electron chi connectivity index (χ2n) is 4.69. The van der Waals surface area contributed by atoms with Gasteiger partial charge in [0.25, 0.3) is 0 Å². The summed E-state index contributed by atoms with van der Waals surface area (Å²) in [6, 6.07) is 12.2. The summed E-state index contributed by atoms with van der Waals surface area (Å²) >= 11 is 3.59. The van der Waals surface area contributed by atoms with E-state index in [0.717, 1.165) is 21.2 Å². The summed E-state index contributed by atoms with van der Waals surface area (Å²) in [6.07, 6.45) is 0. The van der Waals surface area contributed by atoms with Crippen LogP contribution in [-0.4, -0.2) is 9.55 Å². The number of benzene rings is 2. The summed E-state index contributed by atoms with van der Waals surface area (Å²) in [4.78, 5) is 4.40. The van der Waals surface area contributed by atoms with Crippen molar-refractivity contribution >= 4 is 32.9 Å². The molecule has 19 heavy (non-hydrogen) atoms. The summed E-state index contributed by atoms with van der Waals surface area (Å²) in [5.41, 5.74) is 11.4. The first kappa shape index (κ1) is 12.2. The third kappa shape index (κ3) is 1.92. The van der Waals surface area contributed by atoms with Gasteiger partial charge in [0.1, 0.15) is 0 Å². The van der Waals surface area contributed by atoms with Crippen molar-refractivity contribution in [2.24, 2.45) is 0 Å². The molecule has 0 bridgehead atoms. The molecule has 3 nitrogen and oxygen atoms in total. The number of nitrogens with two attached hydrogens (primary N) is 1. The lowest BCUT2D eigenvalue weighted by Crippen LogP contribution is -2.01. The van der Waals surface area contributed by atoms with E-state index in [9.17, 15) is 0 Å². The number of halogens is 1. The number of rotatable bonds is 1. The number of fused-ring (bicyclic) bond motifs is 1. The largest absolute Gasteiger partial charge is 0.369 e. The summed E-state index contributed by atoms with van der Waals surface area (Å²) in [5, 5.41) is 0. The van der Waals surface area contributed by atoms with Crippen LogP contribution in [0.5, 0.6) is 0 Å². The highest BCUT2D eigenvalue weighted by molar-refractivity contribution is 9.10. The van der Waals surface area contributed by atoms with Gasteiger partial charge in [-0.2, -0.15) is 0 Å². The van der Waals surface area contributed by atoms with Crippen LogP contribution >= 0.6 is 15.9 Å². The van der Waals surface area contributed by atoms with E-state index in [-0.39, 0.29) is 0 Å². The Morgan fingerprint density at radius 2 is 1.74 bits per heavy atom. The lowest BCUT2D eigenvalue weighted by molar-refractivity contribution is 1.10. The first-order chi connectivity index (χ1) is 9.08. The molecule has 0 fully saturated rings. The molecule has 0 aliphatic carbocycles. The molecular formula is C15H14BrN3. The lowest BCUT2D eigenvalue weighted by Gasteiger charge is -2.11. The number of nitrogens with zero attached hydrogens (tertiary/aromatic N) is 2. The summed E-state index contributed by atoms with van der Waals surface area (Å²) in [6.45, 7) is 4.16. The van der Waals surface area contributed by atoms with Gasteiger partial charge in [-0.15, -0.1) is 0 Å². The zero-order chi connectivity index (χ0) is 13.6. The molecule has 1 heterocycles. The maximum absolute atomic E-state index is 6.06. The van der Waals surface area contributed by atoms with Crippen molar-refractivity contribution in [3.8, 4) is 5.69 Å². The number of para-hydroxylation sites is 2. The Balaban J connectivity index is 2.33. The standard InChI is InChI=1S/C15H14BrN3/c1-9-7-11(8-10(2)14(9)16)19-13-6-4-3-5-12(13)18-15(19)17/h3-8H,1-2H3,(H2,17,18). The molecule has 2 N–H and O–H groups in total. The summed E-state index contributed by atoms with van der Waals surface area (Å²) < 4.78 is 3.13. The van der Waals surface area contributed by atoms with Crippen molar-refractivity contribution in [2.75, 3.05) is 5.73 Å². The molecule has 0 atom stereocenters. The summed E-state index contributed by atoms with van der Waals surface area (Å²) in [5.74, 6) is 0.516. The number of hydrogen-bond acceptors (Lipinski definition) is 2. The minimum Gasteiger partial charge on any atom is -0.369 e. The van der Waals surface area contributed by atoms with Crippen LogP contribution in [0.1, 0.15) is 11.1 Å². The van der Waals surface area contributed by atoms with Crippen LogP contribution in [0.15, 0.2) is 40.9 Å². The van der Waals surface area contributed by atoms with Crippen LogP contribution in [0, 0.1) is 13.8 Å². The van der Waals surface area contributed by atoms with E-state index in [1.165, 1.54) is 11.1 Å². The molecule has 0 saturated heterocycles. The third-order valence-electron chi connectivity index (χ3n) is 3.27. The molecule has 0 spiro atoms. The van der Waals surface area contributed by atoms with Crippen LogP contribution in [0.2, 0.25) is 0 Å². The van der Waals surface area contributed by atoms with Gasteiger partial charge in [-0.05, 0) is 49.2 Å². The van der Waals surface area contributed by atoms with Crippen molar-refractivity contribution in [1.82, 2.24) is 9.55 Å². The molecule has 0 saturated carbocycles. The van der Waals surface area contributed by atoms with Crippen molar-refractivity contribution in [3.05, 3.63) is 52.0 Å². The molecular weight excluding hydrogens is 302 g/mol. The molecule has 0 amide bonds. The zero-order valence-corrected chi connectivity index (χ0v) is 12.4. The Morgan fingerprint density at radius 1 is 1.11 bits per heavy atom. The van der Waals surface area contributed by atoms with Gasteiger partial charge >= 0.3 is 0 Å². The Bertz CT molecular complexity index is 751. The van der Waals surface area contributed by atoms with E-state index in [4.69, 9.17) is 5.73 Å². The average molecular weight is 316 g/mol. The zero-order valence-electron chi connectivity index (χ0n) is 10.8. The fraction of sp³-hybridized carbons (Fsp3) is 0.133. The van der Waals surface area contributed by atoms with E-state index < -0.39 is 0 Å². The Hall–Kier alpha value is -1.81. The molecule has 3 rings (SSSR count). The summed E-state index contributed by atoms with van der Waals surface area (Å²) in [7, 11) is 0. The van der Waals surface area contributed by atoms with Gasteiger partial charge < -0.3 is 5.73 Å². The predicted octanol–water partition coefficient (Wildman–Crippen LogP) is 3.99. The van der Waals surface area contributed by atoms with Crippen molar-refractivity contribution in [3.63, 3.8) is 0 Å². The van der Waals surface area contributed by atoms with Crippen LogP contribution in [-0.2, 0) is 0 Å². The van der Waals surface area contributed by atoms with Gasteiger partial charge in [0, 0.05) is 10.2 Å². The number of hydrogen-bond donors (Lipinski definition) is 1. The Labute approximate surface area is 120 Å². The number of aromatic nitrogens is 2. The van der Waals surface area contributed by atoms with Crippen LogP contribution in [0.4, 0.5) is 5.95 Å². The molecule has 2 aromatic carbocycles. The van der Waals surface area contributed by atoms with Gasteiger partial charge in [-0.3, -0.25) is 4.57 Å². The van der Waals surface area contributed by atoms with Crippen molar-refractivity contribution in [1.29, 1.82) is 0 Å². The van der Waals surface area contributed by atoms with Gasteiger partial charge in [-0.25, -0.2) is 4.98 Å². The molecule has 1 aromatic heterocycles. The molecule has 3 aromatic rings. The van der Waals surface area contributed by atoms with Gasteiger partial charge in [0.05, 0.1) is 11.0 Å². The van der Waals surface area contributed by atoms with Gasteiger partial charge in [0.2, 0.25) is 5.95 Å². The van der Waals surface area contributed by atoms with E-state index in [0.29, 0.717) is 5.95 Å². The fourth-order valence-electron chi connectivity index (χ4n) is 2.37. The van der Waals surface area contributed by atoms with Gasteiger partial charge in [0.15, 0.2) is 0 Å². The highest BCUT2D eigenvalue weighted by Crippen LogP contribution is 2.28. The van der Waals surface area contributed by atoms with Gasteiger partial charge in [-0.1, -0.05) is 28.1 Å². The van der Waals surface area contributed by atoms with Crippen molar-refractivity contribution < 1.29 is 0 Å². The highest BCUT2D eigenvalue weighted by atomic mass is 79.9. The van der Waals surface area contributed by atoms with E-state index in [1.54, 1.807) is 0 Å². The maximum Gasteiger partial charge on any atom is 0.205 e. The first-order valence-electron chi connectivity index (χ1n) is 6.08. The second kappa shape index (κ2) is 4.38. The number of anilines is 1. The van der Waals surface area contributed by atoms with Crippen molar-refractivity contribution in [2.45, 2.75) is 13.8 Å². The van der Waals surface area contributed by atoms with E-state index in [2.05, 4.69) is 46.9 Å². The monoisotopic (exact) mass is 315 g/mol. The molecule has 4 heteroatoms. The fourth-order valence-corrected chi connectivity index (χ4v) is 2.60. The average Bonchev–Trinajstić information content (AvgIpc) is 2.71. The van der Waals surface area contributed by atoms with E-state index >= 15 is 0 Å². The third-order valence-corrected chi connectivity index (χ3v) is 4.52. The normalized spacial score (nSPS) is 11.1. The van der Waals surface area contributed by atoms with Crippen LogP contribution < -0.4 is 5.73 Å². The quantitative estimate of drug-likeness (QED) is 0.738. The highest BCUT2D eigenvalue weighted by Gasteiger charge is 2.11. The minimum absolute atomic E-state index is 0.516. The predicted molar refractivity (Wildman–Crippen MR) is 82.7 cm³/mol. The maximum atomic E-state index is 6.06. The molecule has 0 unspecified atom stereocenters. The molecule has 0 aliphatic heterocycles. The second-order valence-corrected chi connectivity index (χ2v) is 5.48. The first-order valence-corrected chi connectivity index (χ1v) is 6.87. The molecule has 0 aliphatic rings. The Morgan fingerprint density at radius 3 is 2.42 bits per heavy atom. The van der Waals surface area contributed by atoms with E-state index in [1.807, 2.05) is 28.8 Å².